The molecule has 264 valence electrons. The van der Waals surface area contributed by atoms with Crippen LogP contribution in [0.1, 0.15) is 86.8 Å². The fourth-order valence-electron chi connectivity index (χ4n) is 7.57. The van der Waals surface area contributed by atoms with Crippen LogP contribution in [0.3, 0.4) is 0 Å². The highest BCUT2D eigenvalue weighted by atomic mass is 16.3. The third-order valence-electron chi connectivity index (χ3n) is 11.1. The van der Waals surface area contributed by atoms with Gasteiger partial charge in [0.1, 0.15) is 37.7 Å². The fraction of sp³-hybridized carbons (Fsp3) is 0.409. The van der Waals surface area contributed by atoms with Crippen molar-refractivity contribution in [2.45, 2.75) is 91.6 Å². The zero-order chi connectivity index (χ0) is 35.4. The molecule has 1 saturated carbocycles. The molecule has 50 heavy (non-hydrogen) atoms. The standard InChI is InChI=1S/C44H56N4O2/c1-5-47(6-2,31-35-17-11-9-12-18-35)33-37-23-25-43(49)39(27-37)29-45-41-21-15-16-22-42(41)46-30-40-28-38(24-26-44(40)50)34-48(7-3,8-4)32-36-19-13-10-14-20-36/h9-14,17-20,23-30,41-42H,5-8,15-16,21-22,31-34H2,1-4H3/p+2/t41-,42-/m1/s1. The monoisotopic (exact) mass is 674 g/mol. The Labute approximate surface area is 300 Å². The maximum absolute atomic E-state index is 10.8. The van der Waals surface area contributed by atoms with E-state index in [4.69, 9.17) is 9.98 Å². The van der Waals surface area contributed by atoms with Crippen LogP contribution in [0.25, 0.3) is 0 Å². The molecule has 0 aromatic heterocycles. The summed E-state index contributed by atoms with van der Waals surface area (Å²) in [6, 6.07) is 33.5. The lowest BCUT2D eigenvalue weighted by molar-refractivity contribution is -0.950. The van der Waals surface area contributed by atoms with Crippen LogP contribution in [-0.4, -0.2) is 69.9 Å². The zero-order valence-electron chi connectivity index (χ0n) is 30.7. The first-order valence-corrected chi connectivity index (χ1v) is 18.8. The molecule has 2 N–H and O–H groups in total. The van der Waals surface area contributed by atoms with Gasteiger partial charge in [0.25, 0.3) is 0 Å². The third kappa shape index (κ3) is 9.70. The summed E-state index contributed by atoms with van der Waals surface area (Å²) in [5, 5.41) is 21.7. The molecule has 0 bridgehead atoms. The molecule has 0 aliphatic heterocycles. The normalized spacial score (nSPS) is 17.1. The lowest BCUT2D eigenvalue weighted by Crippen LogP contribution is -2.46. The smallest absolute Gasteiger partial charge is 0.124 e. The molecule has 5 rings (SSSR count). The van der Waals surface area contributed by atoms with Crippen molar-refractivity contribution in [3.63, 3.8) is 0 Å². The average molecular weight is 675 g/mol. The fourth-order valence-corrected chi connectivity index (χ4v) is 7.57. The third-order valence-corrected chi connectivity index (χ3v) is 11.1. The van der Waals surface area contributed by atoms with Crippen LogP contribution in [-0.2, 0) is 26.2 Å². The molecule has 6 nitrogen and oxygen atoms in total. The SMILES string of the molecule is CC[N+](CC)(Cc1ccccc1)Cc1ccc(O)c(C=N[C@@H]2CCCC[C@H]2N=Cc2cc(C[N+](CC)(CC)Cc3ccccc3)ccc2O)c1. The van der Waals surface area contributed by atoms with Gasteiger partial charge in [0.2, 0.25) is 0 Å². The highest BCUT2D eigenvalue weighted by Crippen LogP contribution is 2.28. The molecule has 0 unspecified atom stereocenters. The maximum atomic E-state index is 10.8. The molecule has 1 fully saturated rings. The van der Waals surface area contributed by atoms with Crippen molar-refractivity contribution in [3.05, 3.63) is 130 Å². The zero-order valence-corrected chi connectivity index (χ0v) is 30.7. The summed E-state index contributed by atoms with van der Waals surface area (Å²) >= 11 is 0. The summed E-state index contributed by atoms with van der Waals surface area (Å²) in [6.07, 6.45) is 7.86. The van der Waals surface area contributed by atoms with Crippen LogP contribution in [0.2, 0.25) is 0 Å². The van der Waals surface area contributed by atoms with Gasteiger partial charge in [-0.25, -0.2) is 0 Å². The van der Waals surface area contributed by atoms with Crippen LogP contribution in [0.15, 0.2) is 107 Å². The van der Waals surface area contributed by atoms with E-state index < -0.39 is 0 Å². The molecule has 1 aliphatic carbocycles. The largest absolute Gasteiger partial charge is 0.507 e. The first-order valence-electron chi connectivity index (χ1n) is 18.8. The number of aliphatic imine (C=N–C) groups is 2. The van der Waals surface area contributed by atoms with Crippen molar-refractivity contribution in [2.24, 2.45) is 9.98 Å². The van der Waals surface area contributed by atoms with Crippen LogP contribution >= 0.6 is 0 Å². The number of aromatic hydroxyl groups is 2. The number of rotatable bonds is 16. The Balaban J connectivity index is 1.30. The van der Waals surface area contributed by atoms with Gasteiger partial charge in [0, 0.05) is 45.8 Å². The van der Waals surface area contributed by atoms with Crippen LogP contribution in [0.4, 0.5) is 0 Å². The molecule has 0 radical (unpaired) electrons. The molecular weight excluding hydrogens is 617 g/mol. The highest BCUT2D eigenvalue weighted by Gasteiger charge is 2.27. The van der Waals surface area contributed by atoms with Crippen LogP contribution in [0.5, 0.6) is 11.5 Å². The molecule has 4 aromatic rings. The van der Waals surface area contributed by atoms with E-state index in [0.717, 1.165) is 98.1 Å². The summed E-state index contributed by atoms with van der Waals surface area (Å²) in [5.74, 6) is 0.510. The molecular formula is C44H58N4O2+2. The quantitative estimate of drug-likeness (QED) is 0.0920. The van der Waals surface area contributed by atoms with E-state index in [2.05, 4.69) is 113 Å². The number of quaternary nitrogens is 2. The van der Waals surface area contributed by atoms with E-state index in [0.29, 0.717) is 0 Å². The molecule has 6 heteroatoms. The van der Waals surface area contributed by atoms with Gasteiger partial charge >= 0.3 is 0 Å². The molecule has 0 amide bonds. The Morgan fingerprint density at radius 1 is 0.520 bits per heavy atom. The minimum absolute atomic E-state index is 0.0305. The highest BCUT2D eigenvalue weighted by molar-refractivity contribution is 5.84. The van der Waals surface area contributed by atoms with Crippen LogP contribution < -0.4 is 0 Å². The van der Waals surface area contributed by atoms with Crippen molar-refractivity contribution in [1.29, 1.82) is 0 Å². The summed E-state index contributed by atoms with van der Waals surface area (Å²) in [4.78, 5) is 10.1. The Kier molecular flexibility index (Phi) is 13.0. The number of benzene rings is 4. The Morgan fingerprint density at radius 2 is 0.880 bits per heavy atom. The lowest BCUT2D eigenvalue weighted by atomic mass is 9.91. The van der Waals surface area contributed by atoms with Gasteiger partial charge in [-0.1, -0.05) is 73.5 Å². The molecule has 4 aromatic carbocycles. The van der Waals surface area contributed by atoms with Gasteiger partial charge < -0.3 is 19.2 Å². The van der Waals surface area contributed by atoms with E-state index in [1.807, 2.05) is 24.6 Å². The average Bonchev–Trinajstić information content (AvgIpc) is 3.15. The van der Waals surface area contributed by atoms with Crippen molar-refractivity contribution in [2.75, 3.05) is 26.2 Å². The number of nitrogens with zero attached hydrogens (tertiary/aromatic N) is 4. The van der Waals surface area contributed by atoms with Gasteiger partial charge in [-0.2, -0.15) is 0 Å². The van der Waals surface area contributed by atoms with Gasteiger partial charge in [-0.15, -0.1) is 0 Å². The van der Waals surface area contributed by atoms with Crippen molar-refractivity contribution < 1.29 is 19.2 Å². The maximum Gasteiger partial charge on any atom is 0.124 e. The summed E-state index contributed by atoms with van der Waals surface area (Å²) in [7, 11) is 0. The van der Waals surface area contributed by atoms with Gasteiger partial charge in [-0.05, 0) is 76.9 Å². The first-order chi connectivity index (χ1) is 24.3. The van der Waals surface area contributed by atoms with E-state index >= 15 is 0 Å². The minimum atomic E-state index is 0.0305. The van der Waals surface area contributed by atoms with Crippen molar-refractivity contribution in [3.8, 4) is 11.5 Å². The first kappa shape index (κ1) is 37.0. The Hall–Kier alpha value is -4.26. The van der Waals surface area contributed by atoms with E-state index in [1.54, 1.807) is 0 Å². The second-order valence-electron chi connectivity index (χ2n) is 14.3. The van der Waals surface area contributed by atoms with Gasteiger partial charge in [-0.3, -0.25) is 9.98 Å². The van der Waals surface area contributed by atoms with E-state index in [-0.39, 0.29) is 23.6 Å². The number of phenolic OH excluding ortho intramolecular Hbond substituents is 2. The Morgan fingerprint density at radius 3 is 1.24 bits per heavy atom. The topological polar surface area (TPSA) is 65.2 Å². The van der Waals surface area contributed by atoms with Crippen LogP contribution in [0, 0.1) is 0 Å². The number of hydrogen-bond donors (Lipinski definition) is 2. The van der Waals surface area contributed by atoms with Crippen molar-refractivity contribution >= 4 is 12.4 Å². The Bertz CT molecular complexity index is 1570. The molecule has 1 aliphatic rings. The second kappa shape index (κ2) is 17.6. The van der Waals surface area contributed by atoms with E-state index in [9.17, 15) is 10.2 Å². The molecule has 0 heterocycles. The summed E-state index contributed by atoms with van der Waals surface area (Å²) in [5.41, 5.74) is 6.62. The van der Waals surface area contributed by atoms with Crippen molar-refractivity contribution in [1.82, 2.24) is 0 Å². The summed E-state index contributed by atoms with van der Waals surface area (Å²) in [6.45, 7) is 16.9. The predicted molar refractivity (Wildman–Crippen MR) is 208 cm³/mol. The number of phenols is 2. The van der Waals surface area contributed by atoms with Gasteiger partial charge in [0.05, 0.1) is 38.3 Å². The van der Waals surface area contributed by atoms with E-state index in [1.165, 1.54) is 22.3 Å². The lowest BCUT2D eigenvalue weighted by Gasteiger charge is -2.37. The second-order valence-corrected chi connectivity index (χ2v) is 14.3. The molecule has 2 atom stereocenters. The summed E-state index contributed by atoms with van der Waals surface area (Å²) < 4.78 is 1.89. The predicted octanol–water partition coefficient (Wildman–Crippen LogP) is 9.06. The molecule has 0 saturated heterocycles. The van der Waals surface area contributed by atoms with Gasteiger partial charge in [0.15, 0.2) is 0 Å². The molecule has 0 spiro atoms. The number of hydrogen-bond acceptors (Lipinski definition) is 4. The minimum Gasteiger partial charge on any atom is -0.507 e.